The summed E-state index contributed by atoms with van der Waals surface area (Å²) in [4.78, 5) is 22.8. The first-order valence-electron chi connectivity index (χ1n) is 7.45. The van der Waals surface area contributed by atoms with E-state index in [1.54, 1.807) is 13.8 Å². The zero-order chi connectivity index (χ0) is 18.5. The largest absolute Gasteiger partial charge is 0.481 e. The van der Waals surface area contributed by atoms with Crippen LogP contribution >= 0.6 is 0 Å². The van der Waals surface area contributed by atoms with Crippen LogP contribution in [0.4, 0.5) is 4.39 Å². The fourth-order valence-electron chi connectivity index (χ4n) is 2.08. The number of carbonyl (C=O) groups excluding carboxylic acids is 1. The molecular formula is C16H22FNO5S. The molecule has 0 saturated heterocycles. The van der Waals surface area contributed by atoms with Crippen LogP contribution in [0.5, 0.6) is 0 Å². The van der Waals surface area contributed by atoms with Crippen molar-refractivity contribution in [3.05, 3.63) is 30.1 Å². The molecule has 0 fully saturated rings. The quantitative estimate of drug-likeness (QED) is 0.692. The van der Waals surface area contributed by atoms with E-state index in [1.165, 1.54) is 6.92 Å². The van der Waals surface area contributed by atoms with Gasteiger partial charge in [-0.2, -0.15) is 0 Å². The third kappa shape index (κ3) is 6.27. The Hall–Kier alpha value is -1.96. The number of hydrogen-bond donors (Lipinski definition) is 2. The minimum Gasteiger partial charge on any atom is -0.481 e. The van der Waals surface area contributed by atoms with E-state index in [4.69, 9.17) is 5.11 Å². The standard InChI is InChI=1S/C16H22FNO5S/c1-11(15(21)18-16(2,3)9-8-14(19)20)10-24(22,23)13-6-4-12(17)5-7-13/h4-7,11H,8-10H2,1-3H3,(H,18,21)(H,19,20). The minimum absolute atomic E-state index is 0.0475. The Balaban J connectivity index is 2.72. The van der Waals surface area contributed by atoms with Crippen molar-refractivity contribution < 1.29 is 27.5 Å². The van der Waals surface area contributed by atoms with Gasteiger partial charge in [0.25, 0.3) is 0 Å². The van der Waals surface area contributed by atoms with E-state index in [0.717, 1.165) is 24.3 Å². The molecule has 0 radical (unpaired) electrons. The van der Waals surface area contributed by atoms with Crippen molar-refractivity contribution in [2.75, 3.05) is 5.75 Å². The molecule has 24 heavy (non-hydrogen) atoms. The van der Waals surface area contributed by atoms with Crippen LogP contribution in [0.3, 0.4) is 0 Å². The monoisotopic (exact) mass is 359 g/mol. The predicted molar refractivity (Wildman–Crippen MR) is 86.7 cm³/mol. The lowest BCUT2D eigenvalue weighted by Gasteiger charge is -2.27. The summed E-state index contributed by atoms with van der Waals surface area (Å²) in [5.74, 6) is -3.23. The van der Waals surface area contributed by atoms with E-state index in [1.807, 2.05) is 0 Å². The van der Waals surface area contributed by atoms with Gasteiger partial charge in [-0.25, -0.2) is 12.8 Å². The first-order valence-corrected chi connectivity index (χ1v) is 9.10. The van der Waals surface area contributed by atoms with Crippen molar-refractivity contribution in [3.8, 4) is 0 Å². The molecule has 1 atom stereocenters. The maximum atomic E-state index is 12.9. The summed E-state index contributed by atoms with van der Waals surface area (Å²) < 4.78 is 37.4. The first-order chi connectivity index (χ1) is 10.9. The Bertz CT molecular complexity index is 698. The van der Waals surface area contributed by atoms with Crippen molar-refractivity contribution in [2.24, 2.45) is 5.92 Å². The van der Waals surface area contributed by atoms with Crippen LogP contribution in [0, 0.1) is 11.7 Å². The number of carbonyl (C=O) groups is 2. The zero-order valence-electron chi connectivity index (χ0n) is 13.9. The number of aliphatic carboxylic acids is 1. The highest BCUT2D eigenvalue weighted by Gasteiger charge is 2.28. The molecule has 0 bridgehead atoms. The molecule has 0 spiro atoms. The third-order valence-corrected chi connectivity index (χ3v) is 5.44. The zero-order valence-corrected chi connectivity index (χ0v) is 14.7. The van der Waals surface area contributed by atoms with Gasteiger partial charge in [-0.15, -0.1) is 0 Å². The van der Waals surface area contributed by atoms with Gasteiger partial charge >= 0.3 is 5.97 Å². The molecule has 1 unspecified atom stereocenters. The summed E-state index contributed by atoms with van der Waals surface area (Å²) in [7, 11) is -3.72. The summed E-state index contributed by atoms with van der Waals surface area (Å²) in [6.07, 6.45) is 0.126. The molecule has 134 valence electrons. The van der Waals surface area contributed by atoms with Gasteiger partial charge in [-0.1, -0.05) is 6.92 Å². The highest BCUT2D eigenvalue weighted by atomic mass is 32.2. The maximum Gasteiger partial charge on any atom is 0.303 e. The van der Waals surface area contributed by atoms with Crippen LogP contribution in [-0.2, 0) is 19.4 Å². The summed E-state index contributed by atoms with van der Waals surface area (Å²) >= 11 is 0. The average Bonchev–Trinajstić information content (AvgIpc) is 2.45. The molecule has 1 aromatic carbocycles. The van der Waals surface area contributed by atoms with Crippen LogP contribution in [0.15, 0.2) is 29.2 Å². The second-order valence-electron chi connectivity index (χ2n) is 6.40. The number of halogens is 1. The van der Waals surface area contributed by atoms with Gasteiger partial charge < -0.3 is 10.4 Å². The molecule has 0 heterocycles. The van der Waals surface area contributed by atoms with Crippen molar-refractivity contribution in [3.63, 3.8) is 0 Å². The molecule has 0 aliphatic heterocycles. The van der Waals surface area contributed by atoms with E-state index >= 15 is 0 Å². The SMILES string of the molecule is CC(CS(=O)(=O)c1ccc(F)cc1)C(=O)NC(C)(C)CCC(=O)O. The van der Waals surface area contributed by atoms with Gasteiger partial charge in [0.2, 0.25) is 5.91 Å². The van der Waals surface area contributed by atoms with Crippen LogP contribution in [-0.4, -0.2) is 36.7 Å². The molecule has 1 aromatic rings. The van der Waals surface area contributed by atoms with E-state index in [2.05, 4.69) is 5.32 Å². The molecule has 6 nitrogen and oxygen atoms in total. The second kappa shape index (κ2) is 7.74. The third-order valence-electron chi connectivity index (χ3n) is 3.52. The van der Waals surface area contributed by atoms with Crippen molar-refractivity contribution in [1.82, 2.24) is 5.32 Å². The van der Waals surface area contributed by atoms with Crippen LogP contribution in [0.2, 0.25) is 0 Å². The fraction of sp³-hybridized carbons (Fsp3) is 0.500. The topological polar surface area (TPSA) is 101 Å². The number of hydrogen-bond acceptors (Lipinski definition) is 4. The van der Waals surface area contributed by atoms with Gasteiger partial charge in [-0.05, 0) is 44.5 Å². The Morgan fingerprint density at radius 1 is 1.25 bits per heavy atom. The summed E-state index contributed by atoms with van der Waals surface area (Å²) in [6, 6.07) is 4.41. The number of amides is 1. The second-order valence-corrected chi connectivity index (χ2v) is 8.44. The van der Waals surface area contributed by atoms with Gasteiger partial charge in [0, 0.05) is 17.9 Å². The summed E-state index contributed by atoms with van der Waals surface area (Å²) in [6.45, 7) is 4.83. The number of sulfone groups is 1. The summed E-state index contributed by atoms with van der Waals surface area (Å²) in [5, 5.41) is 11.4. The predicted octanol–water partition coefficient (Wildman–Crippen LogP) is 2.00. The van der Waals surface area contributed by atoms with Gasteiger partial charge in [0.15, 0.2) is 9.84 Å². The number of carboxylic acid groups (broad SMARTS) is 1. The molecule has 2 N–H and O–H groups in total. The molecule has 8 heteroatoms. The Morgan fingerprint density at radius 3 is 2.29 bits per heavy atom. The van der Waals surface area contributed by atoms with Gasteiger partial charge in [0.1, 0.15) is 5.82 Å². The number of rotatable bonds is 8. The molecule has 0 saturated carbocycles. The molecular weight excluding hydrogens is 337 g/mol. The van der Waals surface area contributed by atoms with Crippen LogP contribution in [0.25, 0.3) is 0 Å². The Kier molecular flexibility index (Phi) is 6.48. The van der Waals surface area contributed by atoms with E-state index in [9.17, 15) is 22.4 Å². The molecule has 0 aromatic heterocycles. The lowest BCUT2D eigenvalue weighted by molar-refractivity contribution is -0.138. The first kappa shape index (κ1) is 20.1. The van der Waals surface area contributed by atoms with Crippen molar-refractivity contribution in [1.29, 1.82) is 0 Å². The number of nitrogens with one attached hydrogen (secondary N) is 1. The average molecular weight is 359 g/mol. The fourth-order valence-corrected chi connectivity index (χ4v) is 3.63. The molecule has 1 rings (SSSR count). The van der Waals surface area contributed by atoms with Crippen molar-refractivity contribution in [2.45, 2.75) is 44.0 Å². The molecule has 1 amide bonds. The highest BCUT2D eigenvalue weighted by Crippen LogP contribution is 2.17. The van der Waals surface area contributed by atoms with E-state index < -0.39 is 44.7 Å². The number of carboxylic acids is 1. The van der Waals surface area contributed by atoms with Crippen LogP contribution < -0.4 is 5.32 Å². The van der Waals surface area contributed by atoms with Crippen LogP contribution in [0.1, 0.15) is 33.6 Å². The van der Waals surface area contributed by atoms with Crippen molar-refractivity contribution >= 4 is 21.7 Å². The molecule has 0 aliphatic carbocycles. The van der Waals surface area contributed by atoms with Gasteiger partial charge in [0.05, 0.1) is 10.6 Å². The minimum atomic E-state index is -3.72. The molecule has 0 aliphatic rings. The normalized spacial score (nSPS) is 13.3. The maximum absolute atomic E-state index is 12.9. The number of benzene rings is 1. The van der Waals surface area contributed by atoms with E-state index in [0.29, 0.717) is 0 Å². The highest BCUT2D eigenvalue weighted by molar-refractivity contribution is 7.91. The van der Waals surface area contributed by atoms with Gasteiger partial charge in [-0.3, -0.25) is 9.59 Å². The smallest absolute Gasteiger partial charge is 0.303 e. The summed E-state index contributed by atoms with van der Waals surface area (Å²) in [5.41, 5.74) is -0.761. The lowest BCUT2D eigenvalue weighted by Crippen LogP contribution is -2.47. The Morgan fingerprint density at radius 2 is 1.79 bits per heavy atom. The van der Waals surface area contributed by atoms with E-state index in [-0.39, 0.29) is 17.7 Å². The lowest BCUT2D eigenvalue weighted by atomic mass is 9.97. The Labute approximate surface area is 141 Å².